The van der Waals surface area contributed by atoms with Gasteiger partial charge in [0.2, 0.25) is 5.91 Å². The highest BCUT2D eigenvalue weighted by atomic mass is 16.6. The van der Waals surface area contributed by atoms with Gasteiger partial charge in [-0.05, 0) is 12.5 Å². The number of non-ortho nitro benzene ring substituents is 1. The second-order valence-corrected chi connectivity index (χ2v) is 4.42. The number of nitrogens with one attached hydrogen (secondary N) is 1. The van der Waals surface area contributed by atoms with E-state index >= 15 is 0 Å². The maximum absolute atomic E-state index is 11.8. The quantitative estimate of drug-likeness (QED) is 0.619. The number of carbonyl (C=O) groups is 2. The highest BCUT2D eigenvalue weighted by Crippen LogP contribution is 2.40. The van der Waals surface area contributed by atoms with Gasteiger partial charge in [-0.25, -0.2) is 0 Å². The molecule has 1 aromatic rings. The van der Waals surface area contributed by atoms with E-state index in [0.717, 1.165) is 0 Å². The number of amides is 1. The number of hydrogen-bond acceptors (Lipinski definition) is 5. The maximum Gasteiger partial charge on any atom is 0.307 e. The van der Waals surface area contributed by atoms with E-state index in [2.05, 4.69) is 5.32 Å². The molecule has 2 rings (SSSR count). The van der Waals surface area contributed by atoms with E-state index < -0.39 is 28.6 Å². The number of nitro benzene ring substituents is 1. The van der Waals surface area contributed by atoms with E-state index in [-0.39, 0.29) is 23.5 Å². The molecule has 1 aliphatic carbocycles. The first-order valence-electron chi connectivity index (χ1n) is 5.80. The van der Waals surface area contributed by atoms with Crippen LogP contribution in [-0.4, -0.2) is 29.0 Å². The van der Waals surface area contributed by atoms with Gasteiger partial charge in [-0.2, -0.15) is 0 Å². The third kappa shape index (κ3) is 2.68. The summed E-state index contributed by atoms with van der Waals surface area (Å²) in [5, 5.41) is 21.9. The van der Waals surface area contributed by atoms with E-state index in [1.54, 1.807) is 0 Å². The number of benzene rings is 1. The van der Waals surface area contributed by atoms with Gasteiger partial charge in [-0.3, -0.25) is 19.7 Å². The molecule has 0 aliphatic heterocycles. The summed E-state index contributed by atoms with van der Waals surface area (Å²) >= 11 is 0. The largest absolute Gasteiger partial charge is 0.495 e. The Labute approximate surface area is 113 Å². The SMILES string of the molecule is COc1ccc([N+](=O)[O-])cc1NC(=O)C1CC1C(=O)O. The molecule has 106 valence electrons. The van der Waals surface area contributed by atoms with Crippen molar-refractivity contribution in [1.29, 1.82) is 0 Å². The summed E-state index contributed by atoms with van der Waals surface area (Å²) in [5.41, 5.74) is -0.0329. The fraction of sp³-hybridized carbons (Fsp3) is 0.333. The van der Waals surface area contributed by atoms with Crippen molar-refractivity contribution in [3.8, 4) is 5.75 Å². The van der Waals surface area contributed by atoms with Crippen molar-refractivity contribution >= 4 is 23.3 Å². The predicted molar refractivity (Wildman–Crippen MR) is 67.5 cm³/mol. The van der Waals surface area contributed by atoms with Gasteiger partial charge in [-0.1, -0.05) is 0 Å². The number of ether oxygens (including phenoxy) is 1. The lowest BCUT2D eigenvalue weighted by molar-refractivity contribution is -0.384. The van der Waals surface area contributed by atoms with E-state index in [1.807, 2.05) is 0 Å². The van der Waals surface area contributed by atoms with Crippen LogP contribution in [0.5, 0.6) is 5.75 Å². The average Bonchev–Trinajstić information content (AvgIpc) is 3.18. The van der Waals surface area contributed by atoms with Gasteiger partial charge in [0.25, 0.3) is 5.69 Å². The molecule has 1 fully saturated rings. The molecule has 2 atom stereocenters. The summed E-state index contributed by atoms with van der Waals surface area (Å²) in [5.74, 6) is -2.50. The highest BCUT2D eigenvalue weighted by Gasteiger charge is 2.48. The number of hydrogen-bond donors (Lipinski definition) is 2. The Morgan fingerprint density at radius 2 is 2.15 bits per heavy atom. The maximum atomic E-state index is 11.8. The van der Waals surface area contributed by atoms with Crippen molar-refractivity contribution in [2.24, 2.45) is 11.8 Å². The molecular formula is C12H12N2O6. The third-order valence-corrected chi connectivity index (χ3v) is 3.10. The molecule has 0 spiro atoms. The molecule has 0 saturated heterocycles. The van der Waals surface area contributed by atoms with E-state index in [9.17, 15) is 19.7 Å². The van der Waals surface area contributed by atoms with Crippen LogP contribution in [0.3, 0.4) is 0 Å². The lowest BCUT2D eigenvalue weighted by atomic mass is 10.2. The van der Waals surface area contributed by atoms with Crippen LogP contribution < -0.4 is 10.1 Å². The molecule has 1 aromatic carbocycles. The van der Waals surface area contributed by atoms with Gasteiger partial charge >= 0.3 is 5.97 Å². The zero-order valence-electron chi connectivity index (χ0n) is 10.5. The van der Waals surface area contributed by atoms with Crippen molar-refractivity contribution in [1.82, 2.24) is 0 Å². The molecule has 20 heavy (non-hydrogen) atoms. The van der Waals surface area contributed by atoms with Gasteiger partial charge in [-0.15, -0.1) is 0 Å². The molecule has 1 aliphatic rings. The lowest BCUT2D eigenvalue weighted by Crippen LogP contribution is -2.17. The fourth-order valence-corrected chi connectivity index (χ4v) is 1.89. The van der Waals surface area contributed by atoms with Crippen molar-refractivity contribution in [2.75, 3.05) is 12.4 Å². The number of aliphatic carboxylic acids is 1. The number of carbonyl (C=O) groups excluding carboxylic acids is 1. The summed E-state index contributed by atoms with van der Waals surface area (Å²) in [6.07, 6.45) is 0.276. The molecule has 8 nitrogen and oxygen atoms in total. The molecule has 0 aromatic heterocycles. The van der Waals surface area contributed by atoms with Crippen LogP contribution in [0.15, 0.2) is 18.2 Å². The van der Waals surface area contributed by atoms with E-state index in [1.165, 1.54) is 25.3 Å². The number of anilines is 1. The Bertz CT molecular complexity index is 585. The van der Waals surface area contributed by atoms with Crippen molar-refractivity contribution in [3.05, 3.63) is 28.3 Å². The van der Waals surface area contributed by atoms with Crippen LogP contribution in [-0.2, 0) is 9.59 Å². The Kier molecular flexibility index (Phi) is 3.55. The van der Waals surface area contributed by atoms with Gasteiger partial charge in [0, 0.05) is 12.1 Å². The topological polar surface area (TPSA) is 119 Å². The molecule has 2 unspecified atom stereocenters. The Balaban J connectivity index is 2.16. The summed E-state index contributed by atoms with van der Waals surface area (Å²) < 4.78 is 5.00. The molecule has 0 bridgehead atoms. The summed E-state index contributed by atoms with van der Waals surface area (Å²) in [6, 6.07) is 3.80. The number of carboxylic acids is 1. The zero-order valence-corrected chi connectivity index (χ0v) is 10.5. The number of carboxylic acid groups (broad SMARTS) is 1. The first kappa shape index (κ1) is 13.8. The zero-order chi connectivity index (χ0) is 14.9. The Morgan fingerprint density at radius 1 is 1.45 bits per heavy atom. The van der Waals surface area contributed by atoms with E-state index in [0.29, 0.717) is 0 Å². The standard InChI is InChI=1S/C12H12N2O6/c1-20-10-3-2-6(14(18)19)4-9(10)13-11(15)7-5-8(7)12(16)17/h2-4,7-8H,5H2,1H3,(H,13,15)(H,16,17). The van der Waals surface area contributed by atoms with Crippen LogP contribution in [0.1, 0.15) is 6.42 Å². The summed E-state index contributed by atoms with van der Waals surface area (Å²) in [4.78, 5) is 32.6. The van der Waals surface area contributed by atoms with Crippen LogP contribution in [0, 0.1) is 22.0 Å². The predicted octanol–water partition coefficient (Wildman–Crippen LogP) is 1.26. The number of methoxy groups -OCH3 is 1. The summed E-state index contributed by atoms with van der Waals surface area (Å²) in [6.45, 7) is 0. The fourth-order valence-electron chi connectivity index (χ4n) is 1.89. The number of rotatable bonds is 5. The molecule has 0 radical (unpaired) electrons. The normalized spacial score (nSPS) is 20.1. The first-order valence-corrected chi connectivity index (χ1v) is 5.80. The molecule has 8 heteroatoms. The first-order chi connectivity index (χ1) is 9.43. The molecule has 1 saturated carbocycles. The van der Waals surface area contributed by atoms with Crippen molar-refractivity contribution in [2.45, 2.75) is 6.42 Å². The minimum Gasteiger partial charge on any atom is -0.495 e. The Morgan fingerprint density at radius 3 is 2.65 bits per heavy atom. The third-order valence-electron chi connectivity index (χ3n) is 3.10. The van der Waals surface area contributed by atoms with Crippen LogP contribution in [0.2, 0.25) is 0 Å². The van der Waals surface area contributed by atoms with Gasteiger partial charge in [0.05, 0.1) is 29.6 Å². The second-order valence-electron chi connectivity index (χ2n) is 4.42. The molecule has 1 amide bonds. The minimum absolute atomic E-state index is 0.155. The molecule has 0 heterocycles. The number of nitro groups is 1. The second kappa shape index (κ2) is 5.16. The van der Waals surface area contributed by atoms with Gasteiger partial charge in [0.1, 0.15) is 5.75 Å². The number of nitrogens with zero attached hydrogens (tertiary/aromatic N) is 1. The van der Waals surface area contributed by atoms with Crippen LogP contribution in [0.25, 0.3) is 0 Å². The van der Waals surface area contributed by atoms with Crippen molar-refractivity contribution < 1.29 is 24.4 Å². The summed E-state index contributed by atoms with van der Waals surface area (Å²) in [7, 11) is 1.37. The monoisotopic (exact) mass is 280 g/mol. The van der Waals surface area contributed by atoms with Crippen LogP contribution in [0.4, 0.5) is 11.4 Å². The van der Waals surface area contributed by atoms with E-state index in [4.69, 9.17) is 9.84 Å². The van der Waals surface area contributed by atoms with Crippen molar-refractivity contribution in [3.63, 3.8) is 0 Å². The molecular weight excluding hydrogens is 268 g/mol. The lowest BCUT2D eigenvalue weighted by Gasteiger charge is -2.09. The molecule has 2 N–H and O–H groups in total. The average molecular weight is 280 g/mol. The smallest absolute Gasteiger partial charge is 0.307 e. The Hall–Kier alpha value is -2.64. The van der Waals surface area contributed by atoms with Gasteiger partial charge < -0.3 is 15.2 Å². The highest BCUT2D eigenvalue weighted by molar-refractivity contribution is 5.99. The van der Waals surface area contributed by atoms with Crippen LogP contribution >= 0.6 is 0 Å². The minimum atomic E-state index is -1.02. The van der Waals surface area contributed by atoms with Gasteiger partial charge in [0.15, 0.2) is 0 Å².